The molecule has 0 radical (unpaired) electrons. The van der Waals surface area contributed by atoms with Crippen molar-refractivity contribution in [1.82, 2.24) is 0 Å². The van der Waals surface area contributed by atoms with Crippen molar-refractivity contribution < 1.29 is 0 Å². The molecule has 0 unspecified atom stereocenters. The van der Waals surface area contributed by atoms with Gasteiger partial charge in [-0.15, -0.1) is 22.7 Å². The third kappa shape index (κ3) is 2.70. The second-order valence-electron chi connectivity index (χ2n) is 3.67. The van der Waals surface area contributed by atoms with Crippen LogP contribution in [0.4, 0.5) is 0 Å². The highest BCUT2D eigenvalue weighted by molar-refractivity contribution is 7.12. The lowest BCUT2D eigenvalue weighted by Crippen LogP contribution is -1.79. The van der Waals surface area contributed by atoms with Crippen LogP contribution in [-0.4, -0.2) is 0 Å². The lowest BCUT2D eigenvalue weighted by molar-refractivity contribution is 1.17. The summed E-state index contributed by atoms with van der Waals surface area (Å²) in [6.45, 7) is 4.44. The van der Waals surface area contributed by atoms with E-state index >= 15 is 0 Å². The molecule has 15 heavy (non-hydrogen) atoms. The lowest BCUT2D eigenvalue weighted by atomic mass is 10.2. The Morgan fingerprint density at radius 2 is 1.73 bits per heavy atom. The summed E-state index contributed by atoms with van der Waals surface area (Å²) >= 11 is 3.84. The molecule has 0 aromatic carbocycles. The van der Waals surface area contributed by atoms with Crippen LogP contribution in [0, 0.1) is 0 Å². The third-order valence-electron chi connectivity index (χ3n) is 2.50. The Morgan fingerprint density at radius 3 is 2.33 bits per heavy atom. The largest absolute Gasteiger partial charge is 0.149 e. The summed E-state index contributed by atoms with van der Waals surface area (Å²) in [5.41, 5.74) is 1.47. The van der Waals surface area contributed by atoms with E-state index in [0.717, 1.165) is 19.3 Å². The summed E-state index contributed by atoms with van der Waals surface area (Å²) in [4.78, 5) is 4.49. The average molecular weight is 236 g/mol. The SMILES string of the molecule is CCc1cc(Cc2ccc(CC)s2)cs1. The van der Waals surface area contributed by atoms with E-state index in [9.17, 15) is 0 Å². The zero-order valence-electron chi connectivity index (χ0n) is 9.25. The molecule has 0 bridgehead atoms. The molecule has 0 aliphatic carbocycles. The van der Waals surface area contributed by atoms with E-state index in [2.05, 4.69) is 37.4 Å². The van der Waals surface area contributed by atoms with Gasteiger partial charge < -0.3 is 0 Å². The van der Waals surface area contributed by atoms with E-state index in [-0.39, 0.29) is 0 Å². The fourth-order valence-electron chi connectivity index (χ4n) is 1.61. The first kappa shape index (κ1) is 10.9. The Balaban J connectivity index is 2.07. The highest BCUT2D eigenvalue weighted by atomic mass is 32.1. The molecule has 2 rings (SSSR count). The van der Waals surface area contributed by atoms with Crippen molar-refractivity contribution in [1.29, 1.82) is 0 Å². The molecule has 0 saturated heterocycles. The molecule has 0 fully saturated rings. The molecule has 0 aliphatic heterocycles. The maximum absolute atomic E-state index is 2.34. The summed E-state index contributed by atoms with van der Waals surface area (Å²) in [6, 6.07) is 6.87. The molecule has 2 heteroatoms. The van der Waals surface area contributed by atoms with Crippen LogP contribution >= 0.6 is 22.7 Å². The monoisotopic (exact) mass is 236 g/mol. The van der Waals surface area contributed by atoms with E-state index in [1.54, 1.807) is 0 Å². The smallest absolute Gasteiger partial charge is 0.00922 e. The van der Waals surface area contributed by atoms with Crippen molar-refractivity contribution in [3.8, 4) is 0 Å². The molecule has 2 aromatic heterocycles. The summed E-state index contributed by atoms with van der Waals surface area (Å²) in [5, 5.41) is 2.30. The van der Waals surface area contributed by atoms with Crippen LogP contribution in [0.1, 0.15) is 34.0 Å². The third-order valence-corrected chi connectivity index (χ3v) is 4.86. The fraction of sp³-hybridized carbons (Fsp3) is 0.385. The summed E-state index contributed by atoms with van der Waals surface area (Å²) in [7, 11) is 0. The number of aryl methyl sites for hydroxylation is 2. The van der Waals surface area contributed by atoms with Gasteiger partial charge in [-0.25, -0.2) is 0 Å². The van der Waals surface area contributed by atoms with Gasteiger partial charge in [0, 0.05) is 21.1 Å². The summed E-state index contributed by atoms with van der Waals surface area (Å²) in [5.74, 6) is 0. The molecule has 0 spiro atoms. The first-order valence-corrected chi connectivity index (χ1v) is 7.15. The Bertz CT molecular complexity index is 383. The van der Waals surface area contributed by atoms with Crippen LogP contribution in [0.15, 0.2) is 23.6 Å². The van der Waals surface area contributed by atoms with Crippen molar-refractivity contribution in [3.63, 3.8) is 0 Å². The Kier molecular flexibility index (Phi) is 3.60. The topological polar surface area (TPSA) is 0 Å². The molecule has 0 saturated carbocycles. The highest BCUT2D eigenvalue weighted by Gasteiger charge is 2.02. The Hall–Kier alpha value is -0.600. The van der Waals surface area contributed by atoms with E-state index < -0.39 is 0 Å². The predicted octanol–water partition coefficient (Wildman–Crippen LogP) is 4.53. The Labute approximate surface area is 99.6 Å². The van der Waals surface area contributed by atoms with E-state index in [4.69, 9.17) is 0 Å². The van der Waals surface area contributed by atoms with Gasteiger partial charge in [0.1, 0.15) is 0 Å². The van der Waals surface area contributed by atoms with Crippen molar-refractivity contribution in [2.24, 2.45) is 0 Å². The molecular formula is C13H16S2. The van der Waals surface area contributed by atoms with Gasteiger partial charge in [-0.1, -0.05) is 13.8 Å². The molecule has 0 N–H and O–H groups in total. The molecule has 0 amide bonds. The fourth-order valence-corrected chi connectivity index (χ4v) is 3.45. The normalized spacial score (nSPS) is 10.8. The minimum Gasteiger partial charge on any atom is -0.149 e. The van der Waals surface area contributed by atoms with Crippen LogP contribution < -0.4 is 0 Å². The number of hydrogen-bond acceptors (Lipinski definition) is 2. The van der Waals surface area contributed by atoms with Crippen LogP contribution in [0.3, 0.4) is 0 Å². The van der Waals surface area contributed by atoms with Gasteiger partial charge >= 0.3 is 0 Å². The van der Waals surface area contributed by atoms with Crippen LogP contribution in [0.25, 0.3) is 0 Å². The number of thiophene rings is 2. The van der Waals surface area contributed by atoms with Crippen LogP contribution in [0.5, 0.6) is 0 Å². The lowest BCUT2D eigenvalue weighted by Gasteiger charge is -1.92. The first-order valence-electron chi connectivity index (χ1n) is 5.45. The zero-order chi connectivity index (χ0) is 10.7. The molecule has 80 valence electrons. The molecule has 0 aliphatic rings. The molecule has 0 nitrogen and oxygen atoms in total. The van der Waals surface area contributed by atoms with Gasteiger partial charge in [0.05, 0.1) is 0 Å². The van der Waals surface area contributed by atoms with E-state index in [0.29, 0.717) is 0 Å². The maximum Gasteiger partial charge on any atom is 0.00922 e. The van der Waals surface area contributed by atoms with Gasteiger partial charge in [0.2, 0.25) is 0 Å². The highest BCUT2D eigenvalue weighted by Crippen LogP contribution is 2.23. The minimum absolute atomic E-state index is 1.11. The van der Waals surface area contributed by atoms with Crippen molar-refractivity contribution in [3.05, 3.63) is 43.8 Å². The Morgan fingerprint density at radius 1 is 1.00 bits per heavy atom. The minimum atomic E-state index is 1.11. The average Bonchev–Trinajstić information content (AvgIpc) is 2.87. The van der Waals surface area contributed by atoms with Gasteiger partial charge in [0.25, 0.3) is 0 Å². The number of hydrogen-bond donors (Lipinski definition) is 0. The van der Waals surface area contributed by atoms with Crippen molar-refractivity contribution in [2.45, 2.75) is 33.1 Å². The van der Waals surface area contributed by atoms with Crippen molar-refractivity contribution in [2.75, 3.05) is 0 Å². The quantitative estimate of drug-likeness (QED) is 0.732. The molecule has 0 atom stereocenters. The first-order chi connectivity index (χ1) is 7.31. The zero-order valence-corrected chi connectivity index (χ0v) is 10.9. The van der Waals surface area contributed by atoms with Gasteiger partial charge in [-0.05, 0) is 42.0 Å². The maximum atomic E-state index is 2.34. The second-order valence-corrected chi connectivity index (χ2v) is 5.92. The van der Waals surface area contributed by atoms with E-state index in [1.165, 1.54) is 20.2 Å². The van der Waals surface area contributed by atoms with Crippen LogP contribution in [-0.2, 0) is 19.3 Å². The van der Waals surface area contributed by atoms with Gasteiger partial charge in [0.15, 0.2) is 0 Å². The standard InChI is InChI=1S/C13H16S2/c1-3-11-5-6-13(15-11)8-10-7-12(4-2)14-9-10/h5-7,9H,3-4,8H2,1-2H3. The molecule has 2 heterocycles. The molecule has 2 aromatic rings. The van der Waals surface area contributed by atoms with Gasteiger partial charge in [-0.2, -0.15) is 0 Å². The van der Waals surface area contributed by atoms with Crippen LogP contribution in [0.2, 0.25) is 0 Å². The molecular weight excluding hydrogens is 220 g/mol. The van der Waals surface area contributed by atoms with Gasteiger partial charge in [-0.3, -0.25) is 0 Å². The van der Waals surface area contributed by atoms with Crippen molar-refractivity contribution >= 4 is 22.7 Å². The second kappa shape index (κ2) is 4.95. The summed E-state index contributed by atoms with van der Waals surface area (Å²) < 4.78 is 0. The predicted molar refractivity (Wildman–Crippen MR) is 70.2 cm³/mol. The summed E-state index contributed by atoms with van der Waals surface area (Å²) in [6.07, 6.45) is 3.44. The van der Waals surface area contributed by atoms with E-state index in [1.807, 2.05) is 22.7 Å². The number of rotatable bonds is 4.